The van der Waals surface area contributed by atoms with Crippen LogP contribution in [-0.4, -0.2) is 39.8 Å². The molecule has 1 aromatic heterocycles. The first-order valence-electron chi connectivity index (χ1n) is 13.0. The largest absolute Gasteiger partial charge is 0.507 e. The third-order valence-corrected chi connectivity index (χ3v) is 7.96. The summed E-state index contributed by atoms with van der Waals surface area (Å²) in [5.41, 5.74) is 2.22. The van der Waals surface area contributed by atoms with E-state index < -0.39 is 34.4 Å². The Hall–Kier alpha value is -5.36. The van der Waals surface area contributed by atoms with Crippen molar-refractivity contribution in [2.45, 2.75) is 26.5 Å². The molecule has 1 aliphatic rings. The van der Waals surface area contributed by atoms with Gasteiger partial charge in [0.1, 0.15) is 23.0 Å². The SMILES string of the molecule is COC(=O)c1sc(N2C(=O)C(=O)/C(=C(/O)c3ccc(OCc4cccc(C)c4)cc3)C2c2cccc([N+](=O)[O-])c2)nc1C. The number of amides is 1. The highest BCUT2D eigenvalue weighted by atomic mass is 32.1. The number of benzene rings is 3. The van der Waals surface area contributed by atoms with Gasteiger partial charge < -0.3 is 14.6 Å². The molecule has 1 aliphatic heterocycles. The number of aliphatic hydroxyl groups excluding tert-OH is 1. The Morgan fingerprint density at radius 3 is 2.47 bits per heavy atom. The number of nitrogens with zero attached hydrogens (tertiary/aromatic N) is 3. The van der Waals surface area contributed by atoms with Gasteiger partial charge in [0.05, 0.1) is 29.3 Å². The van der Waals surface area contributed by atoms with Crippen molar-refractivity contribution in [2.75, 3.05) is 12.0 Å². The molecule has 0 spiro atoms. The number of nitro benzene ring substituents is 1. The fraction of sp³-hybridized carbons (Fsp3) is 0.161. The maximum atomic E-state index is 13.5. The normalized spacial score (nSPS) is 15.9. The number of carbonyl (C=O) groups excluding carboxylic acids is 3. The number of ketones is 1. The number of Topliss-reactive ketones (excluding diaryl/α,β-unsaturated/α-hetero) is 1. The predicted octanol–water partition coefficient (Wildman–Crippen LogP) is 5.66. The Balaban J connectivity index is 1.56. The van der Waals surface area contributed by atoms with Gasteiger partial charge in [-0.2, -0.15) is 0 Å². The van der Waals surface area contributed by atoms with E-state index in [2.05, 4.69) is 4.98 Å². The van der Waals surface area contributed by atoms with E-state index >= 15 is 0 Å². The molecule has 3 aromatic carbocycles. The number of thiazole rings is 1. The summed E-state index contributed by atoms with van der Waals surface area (Å²) in [6.45, 7) is 3.86. The number of carbonyl (C=O) groups is 3. The second-order valence-corrected chi connectivity index (χ2v) is 10.7. The summed E-state index contributed by atoms with van der Waals surface area (Å²) in [5, 5.41) is 23.0. The maximum Gasteiger partial charge on any atom is 0.350 e. The van der Waals surface area contributed by atoms with Gasteiger partial charge in [-0.3, -0.25) is 24.6 Å². The summed E-state index contributed by atoms with van der Waals surface area (Å²) in [6, 6.07) is 18.3. The summed E-state index contributed by atoms with van der Waals surface area (Å²) in [6.07, 6.45) is 0. The van der Waals surface area contributed by atoms with Gasteiger partial charge in [0.2, 0.25) is 0 Å². The zero-order chi connectivity index (χ0) is 30.8. The molecule has 0 aliphatic carbocycles. The van der Waals surface area contributed by atoms with Crippen LogP contribution in [0.2, 0.25) is 0 Å². The van der Waals surface area contributed by atoms with Gasteiger partial charge in [0.25, 0.3) is 11.5 Å². The van der Waals surface area contributed by atoms with E-state index in [1.807, 2.05) is 31.2 Å². The highest BCUT2D eigenvalue weighted by Crippen LogP contribution is 2.44. The molecule has 1 amide bonds. The standard InChI is InChI=1S/C31H25N3O8S/c1-17-6-4-7-19(14-17)16-42-23-12-10-20(11-13-23)26(35)24-25(21-8-5-9-22(15-21)34(39)40)33(29(37)27(24)36)31-32-18(2)28(43-31)30(38)41-3/h4-15,25,35H,16H2,1-3H3/b26-24+. The fourth-order valence-corrected chi connectivity index (χ4v) is 5.77. The van der Waals surface area contributed by atoms with Gasteiger partial charge in [0.15, 0.2) is 5.13 Å². The van der Waals surface area contributed by atoms with Crippen LogP contribution in [-0.2, 0) is 20.9 Å². The lowest BCUT2D eigenvalue weighted by molar-refractivity contribution is -0.384. The quantitative estimate of drug-likeness (QED) is 0.0676. The lowest BCUT2D eigenvalue weighted by atomic mass is 9.95. The molecule has 5 rings (SSSR count). The number of aromatic nitrogens is 1. The van der Waals surface area contributed by atoms with Crippen LogP contribution in [0.25, 0.3) is 5.76 Å². The van der Waals surface area contributed by atoms with Gasteiger partial charge in [-0.05, 0) is 49.2 Å². The number of non-ortho nitro benzene ring substituents is 1. The van der Waals surface area contributed by atoms with Crippen LogP contribution in [0.3, 0.4) is 0 Å². The van der Waals surface area contributed by atoms with Crippen LogP contribution in [0.5, 0.6) is 5.75 Å². The average Bonchev–Trinajstić information content (AvgIpc) is 3.51. The van der Waals surface area contributed by atoms with Crippen molar-refractivity contribution in [3.63, 3.8) is 0 Å². The van der Waals surface area contributed by atoms with Gasteiger partial charge in [-0.25, -0.2) is 9.78 Å². The smallest absolute Gasteiger partial charge is 0.350 e. The highest BCUT2D eigenvalue weighted by Gasteiger charge is 2.48. The first kappa shape index (κ1) is 29.1. The minimum absolute atomic E-state index is 0.00421. The molecule has 0 radical (unpaired) electrons. The number of aryl methyl sites for hydroxylation is 2. The molecule has 2 heterocycles. The summed E-state index contributed by atoms with van der Waals surface area (Å²) >= 11 is 0.833. The molecular weight excluding hydrogens is 574 g/mol. The van der Waals surface area contributed by atoms with Crippen LogP contribution in [0.1, 0.15) is 43.7 Å². The molecular formula is C31H25N3O8S. The molecule has 4 aromatic rings. The van der Waals surface area contributed by atoms with Gasteiger partial charge in [-0.1, -0.05) is 53.3 Å². The molecule has 1 unspecified atom stereocenters. The van der Waals surface area contributed by atoms with Crippen LogP contribution >= 0.6 is 11.3 Å². The number of ether oxygens (including phenoxy) is 2. The number of esters is 1. The van der Waals surface area contributed by atoms with Crippen molar-refractivity contribution in [3.8, 4) is 5.75 Å². The van der Waals surface area contributed by atoms with E-state index in [0.717, 1.165) is 27.4 Å². The molecule has 11 nitrogen and oxygen atoms in total. The van der Waals surface area contributed by atoms with E-state index in [4.69, 9.17) is 9.47 Å². The second-order valence-electron chi connectivity index (χ2n) is 9.73. The van der Waals surface area contributed by atoms with Crippen molar-refractivity contribution in [1.82, 2.24) is 4.98 Å². The molecule has 0 saturated carbocycles. The molecule has 1 fully saturated rings. The van der Waals surface area contributed by atoms with Crippen LogP contribution in [0.15, 0.2) is 78.4 Å². The summed E-state index contributed by atoms with van der Waals surface area (Å²) in [5.74, 6) is -2.66. The molecule has 218 valence electrons. The van der Waals surface area contributed by atoms with Crippen LogP contribution in [0.4, 0.5) is 10.8 Å². The van der Waals surface area contributed by atoms with Gasteiger partial charge in [0, 0.05) is 17.7 Å². The number of hydrogen-bond acceptors (Lipinski definition) is 10. The van der Waals surface area contributed by atoms with Crippen LogP contribution in [0, 0.1) is 24.0 Å². The summed E-state index contributed by atoms with van der Waals surface area (Å²) in [7, 11) is 1.20. The van der Waals surface area contributed by atoms with Crippen molar-refractivity contribution in [2.24, 2.45) is 0 Å². The van der Waals surface area contributed by atoms with E-state index in [-0.39, 0.29) is 38.1 Å². The number of nitro groups is 1. The molecule has 12 heteroatoms. The van der Waals surface area contributed by atoms with Crippen molar-refractivity contribution < 1.29 is 33.9 Å². The second kappa shape index (κ2) is 11.9. The number of hydrogen-bond donors (Lipinski definition) is 1. The van der Waals surface area contributed by atoms with E-state index in [0.29, 0.717) is 12.4 Å². The zero-order valence-corrected chi connectivity index (χ0v) is 24.1. The molecule has 1 N–H and O–H groups in total. The van der Waals surface area contributed by atoms with E-state index in [9.17, 15) is 29.6 Å². The van der Waals surface area contributed by atoms with Crippen LogP contribution < -0.4 is 9.64 Å². The Labute approximate surface area is 249 Å². The number of anilines is 1. The Bertz CT molecular complexity index is 1790. The monoisotopic (exact) mass is 599 g/mol. The van der Waals surface area contributed by atoms with E-state index in [1.54, 1.807) is 31.2 Å². The molecule has 43 heavy (non-hydrogen) atoms. The first-order valence-corrected chi connectivity index (χ1v) is 13.8. The van der Waals surface area contributed by atoms with Crippen molar-refractivity contribution in [3.05, 3.63) is 121 Å². The lowest BCUT2D eigenvalue weighted by Crippen LogP contribution is -2.29. The Kier molecular flexibility index (Phi) is 8.04. The molecule has 1 atom stereocenters. The molecule has 0 bridgehead atoms. The van der Waals surface area contributed by atoms with Crippen molar-refractivity contribution >= 4 is 45.6 Å². The Morgan fingerprint density at radius 2 is 1.79 bits per heavy atom. The van der Waals surface area contributed by atoms with Crippen molar-refractivity contribution in [1.29, 1.82) is 0 Å². The topological polar surface area (TPSA) is 149 Å². The number of methoxy groups -OCH3 is 1. The predicted molar refractivity (Wildman–Crippen MR) is 158 cm³/mol. The van der Waals surface area contributed by atoms with Gasteiger partial charge >= 0.3 is 11.9 Å². The number of aliphatic hydroxyl groups is 1. The summed E-state index contributed by atoms with van der Waals surface area (Å²) in [4.78, 5) is 55.6. The molecule has 1 saturated heterocycles. The lowest BCUT2D eigenvalue weighted by Gasteiger charge is -2.22. The van der Waals surface area contributed by atoms with E-state index in [1.165, 1.54) is 31.4 Å². The Morgan fingerprint density at radius 1 is 1.07 bits per heavy atom. The minimum Gasteiger partial charge on any atom is -0.507 e. The zero-order valence-electron chi connectivity index (χ0n) is 23.3. The number of rotatable bonds is 8. The fourth-order valence-electron chi connectivity index (χ4n) is 4.75. The summed E-state index contributed by atoms with van der Waals surface area (Å²) < 4.78 is 10.6. The average molecular weight is 600 g/mol. The first-order chi connectivity index (χ1) is 20.6. The third-order valence-electron chi connectivity index (χ3n) is 6.82. The minimum atomic E-state index is -1.27. The third kappa shape index (κ3) is 5.72. The maximum absolute atomic E-state index is 13.5. The highest BCUT2D eigenvalue weighted by molar-refractivity contribution is 7.17. The van der Waals surface area contributed by atoms with Gasteiger partial charge in [-0.15, -0.1) is 0 Å².